The maximum absolute atomic E-state index is 5.47. The van der Waals surface area contributed by atoms with Crippen molar-refractivity contribution < 1.29 is 9.47 Å². The average molecular weight is 220 g/mol. The number of nitrogens with zero attached hydrogens (tertiary/aromatic N) is 1. The number of hydrogen-bond donors (Lipinski definition) is 1. The number of aliphatic imine (C=N–C) groups is 1. The fourth-order valence-electron chi connectivity index (χ4n) is 1.81. The lowest BCUT2D eigenvalue weighted by Crippen LogP contribution is -2.13. The lowest BCUT2D eigenvalue weighted by Gasteiger charge is -2.09. The van der Waals surface area contributed by atoms with Crippen molar-refractivity contribution in [3.63, 3.8) is 0 Å². The summed E-state index contributed by atoms with van der Waals surface area (Å²) in [4.78, 5) is 4.39. The summed E-state index contributed by atoms with van der Waals surface area (Å²) in [6.07, 6.45) is 0.827. The van der Waals surface area contributed by atoms with E-state index in [1.54, 1.807) is 7.11 Å². The molecule has 0 fully saturated rings. The fourth-order valence-corrected chi connectivity index (χ4v) is 1.81. The van der Waals surface area contributed by atoms with E-state index in [2.05, 4.69) is 11.1 Å². The number of para-hydroxylation sites is 1. The maximum Gasteiger partial charge on any atom is 0.197 e. The van der Waals surface area contributed by atoms with Gasteiger partial charge in [0.2, 0.25) is 0 Å². The van der Waals surface area contributed by atoms with Crippen molar-refractivity contribution in [2.45, 2.75) is 12.5 Å². The molecule has 0 aromatic heterocycles. The third-order valence-electron chi connectivity index (χ3n) is 2.59. The topological polar surface area (TPSA) is 56.8 Å². The van der Waals surface area contributed by atoms with Crippen molar-refractivity contribution in [2.24, 2.45) is 10.7 Å². The molecule has 2 rings (SSSR count). The highest BCUT2D eigenvalue weighted by molar-refractivity contribution is 5.79. The standard InChI is InChI=1S/C12H16N2O2/c1-15-11-5-3-2-4-9(11)6-10-8-16-12(7-13)14-10/h2-5,10H,6-8,13H2,1H3. The molecule has 16 heavy (non-hydrogen) atoms. The monoisotopic (exact) mass is 220 g/mol. The van der Waals surface area contributed by atoms with E-state index in [9.17, 15) is 0 Å². The van der Waals surface area contributed by atoms with Gasteiger partial charge in [-0.25, -0.2) is 4.99 Å². The number of benzene rings is 1. The van der Waals surface area contributed by atoms with Gasteiger partial charge >= 0.3 is 0 Å². The van der Waals surface area contributed by atoms with Crippen LogP contribution in [0.2, 0.25) is 0 Å². The molecule has 1 aliphatic heterocycles. The van der Waals surface area contributed by atoms with Crippen LogP contribution in [-0.2, 0) is 11.2 Å². The Balaban J connectivity index is 2.07. The van der Waals surface area contributed by atoms with Gasteiger partial charge in [0.25, 0.3) is 0 Å². The zero-order valence-corrected chi connectivity index (χ0v) is 9.35. The molecular formula is C12H16N2O2. The van der Waals surface area contributed by atoms with Gasteiger partial charge < -0.3 is 15.2 Å². The zero-order chi connectivity index (χ0) is 11.4. The highest BCUT2D eigenvalue weighted by Gasteiger charge is 2.19. The van der Waals surface area contributed by atoms with Crippen molar-refractivity contribution in [3.05, 3.63) is 29.8 Å². The number of nitrogens with two attached hydrogens (primary N) is 1. The molecular weight excluding hydrogens is 204 g/mol. The van der Waals surface area contributed by atoms with E-state index in [1.807, 2.05) is 18.2 Å². The summed E-state index contributed by atoms with van der Waals surface area (Å²) >= 11 is 0. The van der Waals surface area contributed by atoms with Crippen LogP contribution in [0.3, 0.4) is 0 Å². The van der Waals surface area contributed by atoms with Crippen molar-refractivity contribution in [1.29, 1.82) is 0 Å². The molecule has 0 saturated carbocycles. The van der Waals surface area contributed by atoms with E-state index in [0.29, 0.717) is 19.0 Å². The molecule has 1 aromatic carbocycles. The normalized spacial score (nSPS) is 19.1. The Bertz CT molecular complexity index is 390. The number of hydrogen-bond acceptors (Lipinski definition) is 4. The Kier molecular flexibility index (Phi) is 3.41. The largest absolute Gasteiger partial charge is 0.496 e. The molecule has 1 heterocycles. The lowest BCUT2D eigenvalue weighted by atomic mass is 10.1. The molecule has 1 unspecified atom stereocenters. The number of ether oxygens (including phenoxy) is 2. The predicted molar refractivity (Wildman–Crippen MR) is 62.9 cm³/mol. The first-order chi connectivity index (χ1) is 7.83. The fraction of sp³-hybridized carbons (Fsp3) is 0.417. The van der Waals surface area contributed by atoms with Crippen LogP contribution in [0.25, 0.3) is 0 Å². The minimum Gasteiger partial charge on any atom is -0.496 e. The number of methoxy groups -OCH3 is 1. The van der Waals surface area contributed by atoms with Gasteiger partial charge in [-0.3, -0.25) is 0 Å². The molecule has 4 heteroatoms. The molecule has 1 aromatic rings. The SMILES string of the molecule is COc1ccccc1CC1COC(CN)=N1. The van der Waals surface area contributed by atoms with Crippen molar-refractivity contribution in [3.8, 4) is 5.75 Å². The highest BCUT2D eigenvalue weighted by Crippen LogP contribution is 2.21. The van der Waals surface area contributed by atoms with Crippen LogP contribution in [0.1, 0.15) is 5.56 Å². The molecule has 0 amide bonds. The molecule has 2 N–H and O–H groups in total. The molecule has 0 bridgehead atoms. The van der Waals surface area contributed by atoms with Crippen LogP contribution in [0.4, 0.5) is 0 Å². The van der Waals surface area contributed by atoms with Crippen molar-refractivity contribution in [2.75, 3.05) is 20.3 Å². The van der Waals surface area contributed by atoms with Crippen molar-refractivity contribution >= 4 is 5.90 Å². The molecule has 0 spiro atoms. The average Bonchev–Trinajstić information content (AvgIpc) is 2.77. The summed E-state index contributed by atoms with van der Waals surface area (Å²) in [7, 11) is 1.68. The summed E-state index contributed by atoms with van der Waals surface area (Å²) in [6, 6.07) is 8.13. The minimum absolute atomic E-state index is 0.162. The summed E-state index contributed by atoms with van der Waals surface area (Å²) in [5.74, 6) is 1.55. The molecule has 0 radical (unpaired) electrons. The van der Waals surface area contributed by atoms with Crippen LogP contribution in [0, 0.1) is 0 Å². The van der Waals surface area contributed by atoms with E-state index in [4.69, 9.17) is 15.2 Å². The predicted octanol–water partition coefficient (Wildman–Crippen LogP) is 0.994. The summed E-state index contributed by atoms with van der Waals surface area (Å²) in [5, 5.41) is 0. The third kappa shape index (κ3) is 2.33. The maximum atomic E-state index is 5.47. The Morgan fingerprint density at radius 3 is 3.00 bits per heavy atom. The van der Waals surface area contributed by atoms with Gasteiger partial charge in [-0.1, -0.05) is 18.2 Å². The third-order valence-corrected chi connectivity index (χ3v) is 2.59. The van der Waals surface area contributed by atoms with E-state index < -0.39 is 0 Å². The first-order valence-electron chi connectivity index (χ1n) is 5.35. The van der Waals surface area contributed by atoms with Gasteiger partial charge in [0.1, 0.15) is 12.4 Å². The molecule has 0 aliphatic carbocycles. The lowest BCUT2D eigenvalue weighted by molar-refractivity contribution is 0.311. The number of rotatable bonds is 4. The Morgan fingerprint density at radius 1 is 1.50 bits per heavy atom. The van der Waals surface area contributed by atoms with Gasteiger partial charge in [-0.15, -0.1) is 0 Å². The Labute approximate surface area is 95.1 Å². The molecule has 1 aliphatic rings. The van der Waals surface area contributed by atoms with E-state index in [0.717, 1.165) is 17.7 Å². The minimum atomic E-state index is 0.162. The van der Waals surface area contributed by atoms with E-state index in [-0.39, 0.29) is 6.04 Å². The Morgan fingerprint density at radius 2 is 2.31 bits per heavy atom. The quantitative estimate of drug-likeness (QED) is 0.823. The molecule has 4 nitrogen and oxygen atoms in total. The van der Waals surface area contributed by atoms with Crippen LogP contribution in [0.15, 0.2) is 29.3 Å². The Hall–Kier alpha value is -1.55. The smallest absolute Gasteiger partial charge is 0.197 e. The first-order valence-corrected chi connectivity index (χ1v) is 5.35. The molecule has 86 valence electrons. The van der Waals surface area contributed by atoms with Gasteiger partial charge in [-0.05, 0) is 11.6 Å². The second-order valence-electron chi connectivity index (χ2n) is 3.71. The summed E-state index contributed by atoms with van der Waals surface area (Å²) in [5.41, 5.74) is 6.62. The highest BCUT2D eigenvalue weighted by atomic mass is 16.5. The van der Waals surface area contributed by atoms with Crippen molar-refractivity contribution in [1.82, 2.24) is 0 Å². The van der Waals surface area contributed by atoms with E-state index in [1.165, 1.54) is 0 Å². The molecule has 1 atom stereocenters. The second-order valence-corrected chi connectivity index (χ2v) is 3.71. The van der Waals surface area contributed by atoms with Gasteiger partial charge in [0.05, 0.1) is 19.7 Å². The second kappa shape index (κ2) is 4.99. The van der Waals surface area contributed by atoms with Gasteiger partial charge in [-0.2, -0.15) is 0 Å². The van der Waals surface area contributed by atoms with Crippen LogP contribution in [-0.4, -0.2) is 32.2 Å². The van der Waals surface area contributed by atoms with Gasteiger partial charge in [0, 0.05) is 6.42 Å². The van der Waals surface area contributed by atoms with Crippen LogP contribution >= 0.6 is 0 Å². The van der Waals surface area contributed by atoms with Gasteiger partial charge in [0.15, 0.2) is 5.90 Å². The van der Waals surface area contributed by atoms with Crippen LogP contribution < -0.4 is 10.5 Å². The first kappa shape index (κ1) is 11.0. The van der Waals surface area contributed by atoms with Crippen LogP contribution in [0.5, 0.6) is 5.75 Å². The molecule has 0 saturated heterocycles. The summed E-state index contributed by atoms with van der Waals surface area (Å²) in [6.45, 7) is 0.993. The van der Waals surface area contributed by atoms with E-state index >= 15 is 0 Å². The zero-order valence-electron chi connectivity index (χ0n) is 9.35. The summed E-state index contributed by atoms with van der Waals surface area (Å²) < 4.78 is 10.6.